The SMILES string of the molecule is COc1ccccc1C1CC(c2ccc(C)cc2)=NN1C(=O)CN1CCC2(CC1)OCCO2. The summed E-state index contributed by atoms with van der Waals surface area (Å²) in [6.45, 7) is 5.25. The van der Waals surface area contributed by atoms with Gasteiger partial charge in [0.1, 0.15) is 5.75 Å². The molecule has 1 spiro atoms. The minimum absolute atomic E-state index is 0.00257. The number of carbonyl (C=O) groups excluding carboxylic acids is 1. The fourth-order valence-corrected chi connectivity index (χ4v) is 4.95. The lowest BCUT2D eigenvalue weighted by atomic mass is 9.97. The second-order valence-corrected chi connectivity index (χ2v) is 9.00. The number of nitrogens with zero attached hydrogens (tertiary/aromatic N) is 3. The van der Waals surface area contributed by atoms with Gasteiger partial charge >= 0.3 is 0 Å². The fourth-order valence-electron chi connectivity index (χ4n) is 4.95. The predicted octanol–water partition coefficient (Wildman–Crippen LogP) is 3.52. The lowest BCUT2D eigenvalue weighted by molar-refractivity contribution is -0.186. The molecule has 0 saturated carbocycles. The summed E-state index contributed by atoms with van der Waals surface area (Å²) in [5.74, 6) is 0.331. The summed E-state index contributed by atoms with van der Waals surface area (Å²) in [7, 11) is 1.67. The molecule has 2 aromatic carbocycles. The monoisotopic (exact) mass is 449 g/mol. The third-order valence-electron chi connectivity index (χ3n) is 6.84. The van der Waals surface area contributed by atoms with Crippen molar-refractivity contribution in [1.82, 2.24) is 9.91 Å². The summed E-state index contributed by atoms with van der Waals surface area (Å²) in [6.07, 6.45) is 2.22. The van der Waals surface area contributed by atoms with Gasteiger partial charge in [0.2, 0.25) is 0 Å². The normalized spacial score (nSPS) is 22.5. The third-order valence-corrected chi connectivity index (χ3v) is 6.84. The van der Waals surface area contributed by atoms with E-state index in [0.29, 0.717) is 26.2 Å². The molecule has 2 fully saturated rings. The van der Waals surface area contributed by atoms with E-state index < -0.39 is 5.79 Å². The van der Waals surface area contributed by atoms with Crippen LogP contribution in [0.15, 0.2) is 53.6 Å². The van der Waals surface area contributed by atoms with Gasteiger partial charge in [-0.1, -0.05) is 48.0 Å². The van der Waals surface area contributed by atoms with E-state index in [1.165, 1.54) is 5.56 Å². The number of carbonyl (C=O) groups is 1. The first-order chi connectivity index (χ1) is 16.1. The number of amides is 1. The molecule has 0 aliphatic carbocycles. The molecule has 3 aliphatic heterocycles. The Bertz CT molecular complexity index is 1020. The van der Waals surface area contributed by atoms with Crippen LogP contribution in [0.4, 0.5) is 0 Å². The van der Waals surface area contributed by atoms with E-state index in [0.717, 1.165) is 48.5 Å². The Morgan fingerprint density at radius 3 is 2.48 bits per heavy atom. The molecular formula is C26H31N3O4. The maximum atomic E-state index is 13.5. The van der Waals surface area contributed by atoms with Gasteiger partial charge in [-0.2, -0.15) is 5.10 Å². The molecule has 7 nitrogen and oxygen atoms in total. The highest BCUT2D eigenvalue weighted by Gasteiger charge is 2.41. The first-order valence-electron chi connectivity index (χ1n) is 11.7. The van der Waals surface area contributed by atoms with Gasteiger partial charge in [0.25, 0.3) is 5.91 Å². The summed E-state index contributed by atoms with van der Waals surface area (Å²) < 4.78 is 17.3. The molecule has 3 aliphatic rings. The molecule has 7 heteroatoms. The molecule has 1 unspecified atom stereocenters. The number of benzene rings is 2. The van der Waals surface area contributed by atoms with Gasteiger partial charge in [-0.3, -0.25) is 9.69 Å². The molecule has 33 heavy (non-hydrogen) atoms. The minimum Gasteiger partial charge on any atom is -0.496 e. The Morgan fingerprint density at radius 1 is 1.09 bits per heavy atom. The van der Waals surface area contributed by atoms with E-state index in [9.17, 15) is 4.79 Å². The maximum Gasteiger partial charge on any atom is 0.257 e. The van der Waals surface area contributed by atoms with Crippen LogP contribution in [0, 0.1) is 6.92 Å². The number of para-hydroxylation sites is 1. The van der Waals surface area contributed by atoms with Crippen LogP contribution >= 0.6 is 0 Å². The maximum absolute atomic E-state index is 13.5. The van der Waals surface area contributed by atoms with Crippen molar-refractivity contribution in [2.24, 2.45) is 5.10 Å². The zero-order valence-electron chi connectivity index (χ0n) is 19.3. The van der Waals surface area contributed by atoms with E-state index in [1.54, 1.807) is 12.1 Å². The fraction of sp³-hybridized carbons (Fsp3) is 0.462. The van der Waals surface area contributed by atoms with Gasteiger partial charge in [0.15, 0.2) is 5.79 Å². The minimum atomic E-state index is -0.441. The quantitative estimate of drug-likeness (QED) is 0.699. The van der Waals surface area contributed by atoms with Gasteiger partial charge in [0.05, 0.1) is 38.6 Å². The van der Waals surface area contributed by atoms with Crippen molar-refractivity contribution in [1.29, 1.82) is 0 Å². The summed E-state index contributed by atoms with van der Waals surface area (Å²) >= 11 is 0. The van der Waals surface area contributed by atoms with E-state index in [2.05, 4.69) is 36.1 Å². The van der Waals surface area contributed by atoms with Crippen LogP contribution in [0.3, 0.4) is 0 Å². The molecule has 1 atom stereocenters. The lowest BCUT2D eigenvalue weighted by Crippen LogP contribution is -2.48. The summed E-state index contributed by atoms with van der Waals surface area (Å²) in [5, 5.41) is 6.49. The van der Waals surface area contributed by atoms with Crippen LogP contribution in [0.5, 0.6) is 5.75 Å². The lowest BCUT2D eigenvalue weighted by Gasteiger charge is -2.37. The standard InChI is InChI=1S/C26H31N3O4/c1-19-7-9-20(10-8-19)22-17-23(21-5-3-4-6-24(21)31-2)29(27-22)25(30)18-28-13-11-26(12-14-28)32-15-16-33-26/h3-10,23H,11-18H2,1-2H3. The van der Waals surface area contributed by atoms with Crippen molar-refractivity contribution in [3.8, 4) is 5.75 Å². The number of likely N-dealkylation sites (tertiary alicyclic amines) is 1. The molecule has 0 bridgehead atoms. The van der Waals surface area contributed by atoms with Crippen molar-refractivity contribution < 1.29 is 19.0 Å². The predicted molar refractivity (Wildman–Crippen MR) is 125 cm³/mol. The number of hydrogen-bond donors (Lipinski definition) is 0. The molecule has 5 rings (SSSR count). The average molecular weight is 450 g/mol. The number of piperidine rings is 1. The van der Waals surface area contributed by atoms with Crippen molar-refractivity contribution in [2.45, 2.75) is 38.0 Å². The Hall–Kier alpha value is -2.74. The van der Waals surface area contributed by atoms with E-state index >= 15 is 0 Å². The van der Waals surface area contributed by atoms with Crippen molar-refractivity contribution in [3.05, 3.63) is 65.2 Å². The number of aryl methyl sites for hydroxylation is 1. The van der Waals surface area contributed by atoms with Crippen LogP contribution in [-0.2, 0) is 14.3 Å². The van der Waals surface area contributed by atoms with Crippen LogP contribution in [0.1, 0.15) is 42.0 Å². The highest BCUT2D eigenvalue weighted by atomic mass is 16.7. The second kappa shape index (κ2) is 9.25. The van der Waals surface area contributed by atoms with Crippen LogP contribution in [0.2, 0.25) is 0 Å². The van der Waals surface area contributed by atoms with Crippen molar-refractivity contribution in [2.75, 3.05) is 40.0 Å². The first-order valence-corrected chi connectivity index (χ1v) is 11.7. The Labute approximate surface area is 194 Å². The number of methoxy groups -OCH3 is 1. The molecule has 2 saturated heterocycles. The topological polar surface area (TPSA) is 63.6 Å². The van der Waals surface area contributed by atoms with Crippen LogP contribution < -0.4 is 4.74 Å². The second-order valence-electron chi connectivity index (χ2n) is 9.00. The first kappa shape index (κ1) is 22.1. The molecule has 0 radical (unpaired) electrons. The number of ether oxygens (including phenoxy) is 3. The molecule has 2 aromatic rings. The van der Waals surface area contributed by atoms with E-state index in [4.69, 9.17) is 19.3 Å². The molecule has 0 N–H and O–H groups in total. The Kier molecular flexibility index (Phi) is 6.19. The summed E-state index contributed by atoms with van der Waals surface area (Å²) in [4.78, 5) is 15.7. The van der Waals surface area contributed by atoms with Gasteiger partial charge in [-0.05, 0) is 18.6 Å². The zero-order chi connectivity index (χ0) is 22.8. The zero-order valence-corrected chi connectivity index (χ0v) is 19.3. The van der Waals surface area contributed by atoms with Gasteiger partial charge < -0.3 is 14.2 Å². The largest absolute Gasteiger partial charge is 0.496 e. The summed E-state index contributed by atoms with van der Waals surface area (Å²) in [6, 6.07) is 16.0. The average Bonchev–Trinajstić information content (AvgIpc) is 3.49. The Balaban J connectivity index is 1.36. The van der Waals surface area contributed by atoms with Crippen LogP contribution in [0.25, 0.3) is 0 Å². The smallest absolute Gasteiger partial charge is 0.257 e. The van der Waals surface area contributed by atoms with Gasteiger partial charge in [-0.25, -0.2) is 5.01 Å². The highest BCUT2D eigenvalue weighted by molar-refractivity contribution is 6.03. The molecule has 3 heterocycles. The van der Waals surface area contributed by atoms with E-state index in [1.807, 2.05) is 24.3 Å². The highest BCUT2D eigenvalue weighted by Crippen LogP contribution is 2.38. The Morgan fingerprint density at radius 2 is 1.79 bits per heavy atom. The molecule has 0 aromatic heterocycles. The van der Waals surface area contributed by atoms with E-state index in [-0.39, 0.29) is 11.9 Å². The number of rotatable bonds is 5. The molecular weight excluding hydrogens is 418 g/mol. The summed E-state index contributed by atoms with van der Waals surface area (Å²) in [5.41, 5.74) is 4.14. The van der Waals surface area contributed by atoms with Crippen molar-refractivity contribution in [3.63, 3.8) is 0 Å². The van der Waals surface area contributed by atoms with Gasteiger partial charge in [-0.15, -0.1) is 0 Å². The van der Waals surface area contributed by atoms with Crippen LogP contribution in [-0.4, -0.2) is 67.3 Å². The molecule has 1 amide bonds. The van der Waals surface area contributed by atoms with Gasteiger partial charge in [0, 0.05) is 37.9 Å². The number of hydrogen-bond acceptors (Lipinski definition) is 6. The van der Waals surface area contributed by atoms with Crippen molar-refractivity contribution >= 4 is 11.6 Å². The third kappa shape index (κ3) is 4.53. The molecule has 174 valence electrons. The number of hydrazone groups is 1.